The second-order valence-corrected chi connectivity index (χ2v) is 1.52. The minimum atomic E-state index is 0. The van der Waals surface area contributed by atoms with Crippen LogP contribution in [0.5, 0.6) is 11.5 Å². The quantitative estimate of drug-likeness (QED) is 0.395. The van der Waals surface area contributed by atoms with Gasteiger partial charge in [0.1, 0.15) is 11.5 Å². The molecule has 0 aliphatic rings. The zero-order valence-electron chi connectivity index (χ0n) is 6.20. The fourth-order valence-electron chi connectivity index (χ4n) is 0.493. The van der Waals surface area contributed by atoms with Gasteiger partial charge in [0.2, 0.25) is 0 Å². The van der Waals surface area contributed by atoms with Crippen LogP contribution in [0.15, 0.2) is 24.3 Å². The Hall–Kier alpha value is -0.583. The molecule has 44 valence electrons. The van der Waals surface area contributed by atoms with E-state index < -0.39 is 0 Å². The average molecular weight is 118 g/mol. The Bertz CT molecular complexity index is 176. The first-order chi connectivity index (χ1) is 3.79. The number of rotatable bonds is 0. The number of hydrogen-bond acceptors (Lipinski definition) is 2. The van der Waals surface area contributed by atoms with E-state index in [4.69, 9.17) is 10.2 Å². The van der Waals surface area contributed by atoms with Crippen molar-refractivity contribution in [3.63, 3.8) is 0 Å². The zero-order chi connectivity index (χ0) is 5.98. The summed E-state index contributed by atoms with van der Waals surface area (Å²) in [5.41, 5.74) is 0. The molecule has 0 spiro atoms. The Labute approximate surface area is 66.8 Å². The number of aromatic hydroxyl groups is 2. The molecule has 1 aromatic rings. The normalized spacial score (nSPS) is 8.00. The van der Waals surface area contributed by atoms with E-state index in [0.29, 0.717) is 0 Å². The summed E-state index contributed by atoms with van der Waals surface area (Å²) < 4.78 is 0. The fraction of sp³-hybridized carbons (Fsp3) is 0. The third-order valence-corrected chi connectivity index (χ3v) is 0.830. The molecule has 0 fully saturated rings. The predicted molar refractivity (Wildman–Crippen MR) is 30.9 cm³/mol. The van der Waals surface area contributed by atoms with Crippen molar-refractivity contribution < 1.29 is 30.5 Å². The molecule has 9 heavy (non-hydrogen) atoms. The Kier molecular flexibility index (Phi) is 3.22. The molecule has 0 radical (unpaired) electrons. The van der Waals surface area contributed by atoms with Crippen molar-refractivity contribution in [2.24, 2.45) is 0 Å². The number of phenols is 2. The van der Waals surface area contributed by atoms with Crippen LogP contribution >= 0.6 is 0 Å². The first-order valence-corrected chi connectivity index (χ1v) is 2.27. The number of hydrogen-bond donors (Lipinski definition) is 2. The number of benzene rings is 1. The summed E-state index contributed by atoms with van der Waals surface area (Å²) in [6, 6.07) is 5.85. The van der Waals surface area contributed by atoms with E-state index in [1.54, 1.807) is 6.07 Å². The van der Waals surface area contributed by atoms with Crippen molar-refractivity contribution in [1.29, 1.82) is 0 Å². The molecular formula is C6H7LiO2. The van der Waals surface area contributed by atoms with Gasteiger partial charge in [-0.15, -0.1) is 0 Å². The summed E-state index contributed by atoms with van der Waals surface area (Å²) in [6.07, 6.45) is 0. The molecule has 0 heterocycles. The second kappa shape index (κ2) is 3.44. The van der Waals surface area contributed by atoms with Crippen LogP contribution in [0.3, 0.4) is 0 Å². The average Bonchev–Trinajstić information content (AvgIpc) is 1.64. The van der Waals surface area contributed by atoms with Gasteiger partial charge >= 0.3 is 18.9 Å². The molecule has 0 saturated heterocycles. The van der Waals surface area contributed by atoms with Gasteiger partial charge in [-0.1, -0.05) is 6.07 Å². The van der Waals surface area contributed by atoms with Crippen molar-refractivity contribution in [3.05, 3.63) is 24.3 Å². The maximum Gasteiger partial charge on any atom is 1.00 e. The maximum atomic E-state index is 8.65. The van der Waals surface area contributed by atoms with Gasteiger partial charge in [0.25, 0.3) is 0 Å². The van der Waals surface area contributed by atoms with Crippen molar-refractivity contribution in [1.82, 2.24) is 0 Å². The zero-order valence-corrected chi connectivity index (χ0v) is 5.20. The smallest absolute Gasteiger partial charge is 1.00 e. The van der Waals surface area contributed by atoms with Gasteiger partial charge in [-0.2, -0.15) is 0 Å². The van der Waals surface area contributed by atoms with E-state index in [1.807, 2.05) is 0 Å². The Morgan fingerprint density at radius 3 is 1.78 bits per heavy atom. The van der Waals surface area contributed by atoms with Gasteiger partial charge in [0.05, 0.1) is 0 Å². The molecular weight excluding hydrogens is 111 g/mol. The molecule has 0 atom stereocenters. The number of phenolic OH excluding ortho intramolecular Hbond substituents is 2. The molecule has 0 saturated carbocycles. The first kappa shape index (κ1) is 8.42. The summed E-state index contributed by atoms with van der Waals surface area (Å²) in [7, 11) is 0. The standard InChI is InChI=1S/C6H6O2.Li.H/c7-5-2-1-3-6(8)4-5;;/h1-4,7-8H;;/q;+1;-1. The van der Waals surface area contributed by atoms with Crippen LogP contribution in [0.25, 0.3) is 0 Å². The minimum absolute atomic E-state index is 0. The van der Waals surface area contributed by atoms with Gasteiger partial charge in [-0.3, -0.25) is 0 Å². The van der Waals surface area contributed by atoms with E-state index in [2.05, 4.69) is 0 Å². The largest absolute Gasteiger partial charge is 1.00 e. The van der Waals surface area contributed by atoms with Crippen LogP contribution in [0.2, 0.25) is 0 Å². The summed E-state index contributed by atoms with van der Waals surface area (Å²) in [5.74, 6) is 0.176. The molecule has 0 unspecified atom stereocenters. The van der Waals surface area contributed by atoms with Crippen molar-refractivity contribution in [2.45, 2.75) is 0 Å². The topological polar surface area (TPSA) is 40.5 Å². The molecule has 3 heteroatoms. The molecule has 0 aromatic heterocycles. The van der Waals surface area contributed by atoms with Gasteiger partial charge in [0, 0.05) is 6.07 Å². The van der Waals surface area contributed by atoms with Crippen LogP contribution in [0.4, 0.5) is 0 Å². The Balaban J connectivity index is 0. The van der Waals surface area contributed by atoms with E-state index in [-0.39, 0.29) is 31.8 Å². The second-order valence-electron chi connectivity index (χ2n) is 1.52. The van der Waals surface area contributed by atoms with E-state index in [0.717, 1.165) is 0 Å². The van der Waals surface area contributed by atoms with Crippen molar-refractivity contribution in [2.75, 3.05) is 0 Å². The maximum absolute atomic E-state index is 8.65. The van der Waals surface area contributed by atoms with E-state index in [9.17, 15) is 0 Å². The van der Waals surface area contributed by atoms with E-state index >= 15 is 0 Å². The first-order valence-electron chi connectivity index (χ1n) is 2.27. The van der Waals surface area contributed by atoms with Crippen LogP contribution in [0.1, 0.15) is 1.43 Å². The fourth-order valence-corrected chi connectivity index (χ4v) is 0.493. The van der Waals surface area contributed by atoms with Crippen LogP contribution in [-0.4, -0.2) is 10.2 Å². The summed E-state index contributed by atoms with van der Waals surface area (Å²) in [6.45, 7) is 0. The summed E-state index contributed by atoms with van der Waals surface area (Å²) in [4.78, 5) is 0. The molecule has 1 aromatic carbocycles. The van der Waals surface area contributed by atoms with Crippen molar-refractivity contribution in [3.8, 4) is 11.5 Å². The van der Waals surface area contributed by atoms with E-state index in [1.165, 1.54) is 18.2 Å². The molecule has 0 bridgehead atoms. The van der Waals surface area contributed by atoms with Crippen molar-refractivity contribution >= 4 is 0 Å². The van der Waals surface area contributed by atoms with Crippen LogP contribution in [0, 0.1) is 0 Å². The molecule has 1 rings (SSSR count). The van der Waals surface area contributed by atoms with Crippen LogP contribution in [-0.2, 0) is 0 Å². The molecule has 2 nitrogen and oxygen atoms in total. The molecule has 0 aliphatic carbocycles. The molecule has 0 amide bonds. The monoisotopic (exact) mass is 118 g/mol. The predicted octanol–water partition coefficient (Wildman–Crippen LogP) is -1.79. The van der Waals surface area contributed by atoms with Gasteiger partial charge in [-0.05, 0) is 12.1 Å². The third kappa shape index (κ3) is 2.45. The minimum Gasteiger partial charge on any atom is -1.00 e. The SMILES string of the molecule is Oc1cccc(O)c1.[H-].[Li+]. The Morgan fingerprint density at radius 1 is 1.11 bits per heavy atom. The molecule has 2 N–H and O–H groups in total. The van der Waals surface area contributed by atoms with Crippen LogP contribution < -0.4 is 18.9 Å². The van der Waals surface area contributed by atoms with Gasteiger partial charge < -0.3 is 11.6 Å². The Morgan fingerprint density at radius 2 is 1.56 bits per heavy atom. The summed E-state index contributed by atoms with van der Waals surface area (Å²) in [5, 5.41) is 17.3. The summed E-state index contributed by atoms with van der Waals surface area (Å²) >= 11 is 0. The van der Waals surface area contributed by atoms with Gasteiger partial charge in [-0.25, -0.2) is 0 Å². The van der Waals surface area contributed by atoms with Gasteiger partial charge in [0.15, 0.2) is 0 Å². The molecule has 0 aliphatic heterocycles. The third-order valence-electron chi connectivity index (χ3n) is 0.830.